The molecule has 0 atom stereocenters. The quantitative estimate of drug-likeness (QED) is 0.809. The normalized spacial score (nSPS) is 9.94. The topological polar surface area (TPSA) is 71.2 Å². The monoisotopic (exact) mass is 222 g/mol. The standard InChI is InChI=1S/C11H18N4O/c1-3-15(4-2)11(16)14-10-7-9(8-12)5-6-13-10/h5-7H,3-4,8,12H2,1-2H3,(H,13,14,16). The first-order valence-corrected chi connectivity index (χ1v) is 5.42. The summed E-state index contributed by atoms with van der Waals surface area (Å²) in [4.78, 5) is 17.5. The lowest BCUT2D eigenvalue weighted by Crippen LogP contribution is -2.34. The van der Waals surface area contributed by atoms with Crippen LogP contribution in [0.4, 0.5) is 10.6 Å². The van der Waals surface area contributed by atoms with Crippen LogP contribution >= 0.6 is 0 Å². The summed E-state index contributed by atoms with van der Waals surface area (Å²) in [7, 11) is 0. The molecule has 2 amide bonds. The van der Waals surface area contributed by atoms with Crippen LogP contribution in [0.25, 0.3) is 0 Å². The Morgan fingerprint density at radius 2 is 2.19 bits per heavy atom. The number of hydrogen-bond acceptors (Lipinski definition) is 3. The molecule has 1 aromatic heterocycles. The maximum Gasteiger partial charge on any atom is 0.322 e. The van der Waals surface area contributed by atoms with Crippen molar-refractivity contribution in [2.24, 2.45) is 5.73 Å². The van der Waals surface area contributed by atoms with E-state index < -0.39 is 0 Å². The molecule has 0 aromatic carbocycles. The second-order valence-corrected chi connectivity index (χ2v) is 3.36. The average molecular weight is 222 g/mol. The number of anilines is 1. The number of hydrogen-bond donors (Lipinski definition) is 2. The van der Waals surface area contributed by atoms with Gasteiger partial charge < -0.3 is 10.6 Å². The van der Waals surface area contributed by atoms with E-state index in [2.05, 4.69) is 10.3 Å². The molecule has 0 aliphatic heterocycles. The van der Waals surface area contributed by atoms with Crippen molar-refractivity contribution in [2.75, 3.05) is 18.4 Å². The first-order valence-electron chi connectivity index (χ1n) is 5.42. The van der Waals surface area contributed by atoms with Gasteiger partial charge in [0.2, 0.25) is 0 Å². The van der Waals surface area contributed by atoms with E-state index in [1.807, 2.05) is 19.9 Å². The highest BCUT2D eigenvalue weighted by Gasteiger charge is 2.09. The molecule has 3 N–H and O–H groups in total. The minimum Gasteiger partial charge on any atom is -0.326 e. The molecule has 1 rings (SSSR count). The van der Waals surface area contributed by atoms with Gasteiger partial charge >= 0.3 is 6.03 Å². The van der Waals surface area contributed by atoms with Crippen LogP contribution in [0.5, 0.6) is 0 Å². The van der Waals surface area contributed by atoms with Gasteiger partial charge in [-0.05, 0) is 31.5 Å². The number of urea groups is 1. The Morgan fingerprint density at radius 3 is 2.75 bits per heavy atom. The summed E-state index contributed by atoms with van der Waals surface area (Å²) in [6.07, 6.45) is 1.64. The summed E-state index contributed by atoms with van der Waals surface area (Å²) in [5, 5.41) is 2.74. The largest absolute Gasteiger partial charge is 0.326 e. The fourth-order valence-electron chi connectivity index (χ4n) is 1.37. The van der Waals surface area contributed by atoms with Gasteiger partial charge in [0, 0.05) is 25.8 Å². The number of carbonyl (C=O) groups is 1. The number of carbonyl (C=O) groups excluding carboxylic acids is 1. The van der Waals surface area contributed by atoms with Gasteiger partial charge in [0.1, 0.15) is 5.82 Å². The van der Waals surface area contributed by atoms with Gasteiger partial charge in [-0.15, -0.1) is 0 Å². The Kier molecular flexibility index (Phi) is 4.72. The van der Waals surface area contributed by atoms with Gasteiger partial charge in [0.25, 0.3) is 0 Å². The molecule has 0 aliphatic carbocycles. The SMILES string of the molecule is CCN(CC)C(=O)Nc1cc(CN)ccn1. The molecule has 0 unspecified atom stereocenters. The summed E-state index contributed by atoms with van der Waals surface area (Å²) >= 11 is 0. The van der Waals surface area contributed by atoms with Gasteiger partial charge in [-0.3, -0.25) is 5.32 Å². The molecule has 0 radical (unpaired) electrons. The van der Waals surface area contributed by atoms with E-state index in [1.165, 1.54) is 0 Å². The van der Waals surface area contributed by atoms with Crippen LogP contribution in [0.2, 0.25) is 0 Å². The number of nitrogens with two attached hydrogens (primary N) is 1. The van der Waals surface area contributed by atoms with Crippen molar-refractivity contribution in [3.63, 3.8) is 0 Å². The molecule has 1 aromatic rings. The Morgan fingerprint density at radius 1 is 1.50 bits per heavy atom. The maximum atomic E-state index is 11.7. The summed E-state index contributed by atoms with van der Waals surface area (Å²) in [5.74, 6) is 0.542. The molecule has 1 heterocycles. The average Bonchev–Trinajstić information content (AvgIpc) is 2.31. The van der Waals surface area contributed by atoms with Gasteiger partial charge in [-0.25, -0.2) is 9.78 Å². The van der Waals surface area contributed by atoms with Crippen molar-refractivity contribution >= 4 is 11.8 Å². The predicted octanol–water partition coefficient (Wildman–Crippen LogP) is 1.41. The third kappa shape index (κ3) is 3.20. The molecule has 5 heteroatoms. The Hall–Kier alpha value is -1.62. The lowest BCUT2D eigenvalue weighted by molar-refractivity contribution is 0.217. The van der Waals surface area contributed by atoms with Crippen LogP contribution < -0.4 is 11.1 Å². The van der Waals surface area contributed by atoms with Gasteiger partial charge in [-0.2, -0.15) is 0 Å². The van der Waals surface area contributed by atoms with Gasteiger partial charge in [-0.1, -0.05) is 0 Å². The second-order valence-electron chi connectivity index (χ2n) is 3.36. The maximum absolute atomic E-state index is 11.7. The molecule has 0 aliphatic rings. The van der Waals surface area contributed by atoms with Crippen molar-refractivity contribution in [1.29, 1.82) is 0 Å². The predicted molar refractivity (Wildman–Crippen MR) is 64.1 cm³/mol. The summed E-state index contributed by atoms with van der Waals surface area (Å²) < 4.78 is 0. The highest BCUT2D eigenvalue weighted by molar-refractivity contribution is 5.88. The summed E-state index contributed by atoms with van der Waals surface area (Å²) in [5.41, 5.74) is 6.46. The molecule has 16 heavy (non-hydrogen) atoms. The van der Waals surface area contributed by atoms with Crippen LogP contribution in [0.3, 0.4) is 0 Å². The third-order valence-corrected chi connectivity index (χ3v) is 2.35. The zero-order valence-corrected chi connectivity index (χ0v) is 9.73. The highest BCUT2D eigenvalue weighted by Crippen LogP contribution is 2.07. The van der Waals surface area contributed by atoms with Crippen LogP contribution in [0.1, 0.15) is 19.4 Å². The molecular weight excluding hydrogens is 204 g/mol. The first kappa shape index (κ1) is 12.4. The molecular formula is C11H18N4O. The number of nitrogens with zero attached hydrogens (tertiary/aromatic N) is 2. The van der Waals surface area contributed by atoms with E-state index in [0.29, 0.717) is 25.5 Å². The van der Waals surface area contributed by atoms with Crippen molar-refractivity contribution in [3.8, 4) is 0 Å². The third-order valence-electron chi connectivity index (χ3n) is 2.35. The lowest BCUT2D eigenvalue weighted by Gasteiger charge is -2.18. The van der Waals surface area contributed by atoms with Crippen molar-refractivity contribution in [3.05, 3.63) is 23.9 Å². The number of aromatic nitrogens is 1. The van der Waals surface area contributed by atoms with Gasteiger partial charge in [0.15, 0.2) is 0 Å². The second kappa shape index (κ2) is 6.07. The number of amides is 2. The van der Waals surface area contributed by atoms with Crippen LogP contribution in [0, 0.1) is 0 Å². The molecule has 0 saturated carbocycles. The number of rotatable bonds is 4. The van der Waals surface area contributed by atoms with Crippen molar-refractivity contribution < 1.29 is 4.79 Å². The molecule has 5 nitrogen and oxygen atoms in total. The molecule has 88 valence electrons. The minimum atomic E-state index is -0.133. The fraction of sp³-hybridized carbons (Fsp3) is 0.455. The number of nitrogens with one attached hydrogen (secondary N) is 1. The van der Waals surface area contributed by atoms with Crippen LogP contribution in [-0.2, 0) is 6.54 Å². The minimum absolute atomic E-state index is 0.133. The van der Waals surface area contributed by atoms with Crippen LogP contribution in [-0.4, -0.2) is 29.0 Å². The van der Waals surface area contributed by atoms with Crippen molar-refractivity contribution in [1.82, 2.24) is 9.88 Å². The zero-order chi connectivity index (χ0) is 12.0. The highest BCUT2D eigenvalue weighted by atomic mass is 16.2. The summed E-state index contributed by atoms with van der Waals surface area (Å²) in [6, 6.07) is 3.47. The lowest BCUT2D eigenvalue weighted by atomic mass is 10.2. The first-order chi connectivity index (χ1) is 7.71. The van der Waals surface area contributed by atoms with E-state index in [1.54, 1.807) is 17.2 Å². The molecule has 0 fully saturated rings. The van der Waals surface area contributed by atoms with Crippen molar-refractivity contribution in [2.45, 2.75) is 20.4 Å². The van der Waals surface area contributed by atoms with E-state index in [9.17, 15) is 4.79 Å². The fourth-order valence-corrected chi connectivity index (χ4v) is 1.37. The molecule has 0 saturated heterocycles. The smallest absolute Gasteiger partial charge is 0.322 e. The number of pyridine rings is 1. The Balaban J connectivity index is 2.68. The Bertz CT molecular complexity index is 350. The summed E-state index contributed by atoms with van der Waals surface area (Å²) in [6.45, 7) is 5.67. The van der Waals surface area contributed by atoms with E-state index >= 15 is 0 Å². The zero-order valence-electron chi connectivity index (χ0n) is 9.73. The van der Waals surface area contributed by atoms with E-state index in [-0.39, 0.29) is 6.03 Å². The van der Waals surface area contributed by atoms with Gasteiger partial charge in [0.05, 0.1) is 0 Å². The Labute approximate surface area is 95.7 Å². The molecule has 0 bridgehead atoms. The van der Waals surface area contributed by atoms with E-state index in [0.717, 1.165) is 5.56 Å². The van der Waals surface area contributed by atoms with Crippen LogP contribution in [0.15, 0.2) is 18.3 Å². The molecule has 0 spiro atoms. The van der Waals surface area contributed by atoms with E-state index in [4.69, 9.17) is 5.73 Å².